The van der Waals surface area contributed by atoms with Crippen molar-refractivity contribution < 1.29 is 0 Å². The van der Waals surface area contributed by atoms with Gasteiger partial charge >= 0.3 is 0 Å². The fourth-order valence-electron chi connectivity index (χ4n) is 2.10. The molecule has 1 aromatic heterocycles. The molecule has 2 rings (SSSR count). The molecule has 1 aliphatic rings. The first-order chi connectivity index (χ1) is 6.86. The molecule has 3 N–H and O–H groups in total. The zero-order valence-electron chi connectivity index (χ0n) is 8.46. The van der Waals surface area contributed by atoms with Gasteiger partial charge in [0.25, 0.3) is 0 Å². The fraction of sp³-hybridized carbons (Fsp3) is 0.636. The Morgan fingerprint density at radius 1 is 1.43 bits per heavy atom. The Kier molecular flexibility index (Phi) is 3.43. The summed E-state index contributed by atoms with van der Waals surface area (Å²) in [5.74, 6) is 0.913. The van der Waals surface area contributed by atoms with E-state index in [1.807, 2.05) is 6.07 Å². The van der Waals surface area contributed by atoms with E-state index in [1.165, 1.54) is 30.6 Å². The van der Waals surface area contributed by atoms with E-state index in [2.05, 4.69) is 10.7 Å². The van der Waals surface area contributed by atoms with Crippen LogP contribution in [0.25, 0.3) is 0 Å². The average molecular weight is 210 g/mol. The van der Waals surface area contributed by atoms with Crippen molar-refractivity contribution in [1.29, 1.82) is 0 Å². The van der Waals surface area contributed by atoms with Gasteiger partial charge in [-0.05, 0) is 36.8 Å². The molecule has 1 saturated carbocycles. The van der Waals surface area contributed by atoms with Crippen LogP contribution in [0.1, 0.15) is 30.6 Å². The Morgan fingerprint density at radius 2 is 2.21 bits per heavy atom. The summed E-state index contributed by atoms with van der Waals surface area (Å²) in [7, 11) is 0. The molecule has 0 aliphatic heterocycles. The summed E-state index contributed by atoms with van der Waals surface area (Å²) in [5, 5.41) is 5.56. The maximum Gasteiger partial charge on any atom is 0.0468 e. The van der Waals surface area contributed by atoms with E-state index in [-0.39, 0.29) is 0 Å². The van der Waals surface area contributed by atoms with Crippen molar-refractivity contribution in [3.05, 3.63) is 16.3 Å². The average Bonchev–Trinajstić information content (AvgIpc) is 2.78. The molecule has 1 aromatic rings. The van der Waals surface area contributed by atoms with Crippen LogP contribution in [-0.2, 0) is 6.54 Å². The number of nitrogen functional groups attached to an aromatic ring is 1. The largest absolute Gasteiger partial charge is 0.398 e. The summed E-state index contributed by atoms with van der Waals surface area (Å²) in [6, 6.07) is 1.98. The second kappa shape index (κ2) is 4.80. The van der Waals surface area contributed by atoms with Crippen LogP contribution >= 0.6 is 11.3 Å². The summed E-state index contributed by atoms with van der Waals surface area (Å²) >= 11 is 1.74. The van der Waals surface area contributed by atoms with E-state index in [0.717, 1.165) is 24.7 Å². The molecule has 1 aliphatic carbocycles. The smallest absolute Gasteiger partial charge is 0.0468 e. The van der Waals surface area contributed by atoms with Gasteiger partial charge in [-0.25, -0.2) is 0 Å². The van der Waals surface area contributed by atoms with Crippen molar-refractivity contribution in [2.75, 3.05) is 12.3 Å². The maximum absolute atomic E-state index is 5.81. The highest BCUT2D eigenvalue weighted by atomic mass is 32.1. The number of nitrogens with two attached hydrogens (primary N) is 1. The zero-order chi connectivity index (χ0) is 9.80. The van der Waals surface area contributed by atoms with Crippen LogP contribution in [0.2, 0.25) is 0 Å². The van der Waals surface area contributed by atoms with E-state index in [1.54, 1.807) is 11.3 Å². The molecule has 14 heavy (non-hydrogen) atoms. The van der Waals surface area contributed by atoms with Crippen LogP contribution in [0.5, 0.6) is 0 Å². The first-order valence-corrected chi connectivity index (χ1v) is 6.27. The predicted octanol–water partition coefficient (Wildman–Crippen LogP) is 2.61. The molecule has 0 amide bonds. The van der Waals surface area contributed by atoms with E-state index in [9.17, 15) is 0 Å². The Balaban J connectivity index is 1.70. The summed E-state index contributed by atoms with van der Waals surface area (Å²) in [6.45, 7) is 2.11. The van der Waals surface area contributed by atoms with Crippen molar-refractivity contribution in [3.63, 3.8) is 0 Å². The number of hydrogen-bond acceptors (Lipinski definition) is 3. The van der Waals surface area contributed by atoms with Gasteiger partial charge in [-0.2, -0.15) is 0 Å². The molecule has 0 aromatic carbocycles. The normalized spacial score (nSPS) is 17.7. The number of anilines is 1. The second-order valence-corrected chi connectivity index (χ2v) is 5.08. The minimum absolute atomic E-state index is 0.913. The highest BCUT2D eigenvalue weighted by Crippen LogP contribution is 2.24. The Morgan fingerprint density at radius 3 is 2.86 bits per heavy atom. The van der Waals surface area contributed by atoms with E-state index in [0.29, 0.717) is 0 Å². The minimum Gasteiger partial charge on any atom is -0.398 e. The maximum atomic E-state index is 5.81. The monoisotopic (exact) mass is 210 g/mol. The predicted molar refractivity (Wildman–Crippen MR) is 62.4 cm³/mol. The van der Waals surface area contributed by atoms with Crippen LogP contribution in [0.3, 0.4) is 0 Å². The van der Waals surface area contributed by atoms with Crippen LogP contribution in [0.15, 0.2) is 11.4 Å². The van der Waals surface area contributed by atoms with Gasteiger partial charge < -0.3 is 11.1 Å². The van der Waals surface area contributed by atoms with Gasteiger partial charge in [0, 0.05) is 17.1 Å². The lowest BCUT2D eigenvalue weighted by molar-refractivity contribution is 0.491. The molecular formula is C11H18N2S. The highest BCUT2D eigenvalue weighted by molar-refractivity contribution is 7.10. The molecule has 0 radical (unpaired) electrons. The van der Waals surface area contributed by atoms with Crippen LogP contribution in [-0.4, -0.2) is 6.54 Å². The number of rotatable bonds is 4. The lowest BCUT2D eigenvalue weighted by Crippen LogP contribution is -2.20. The quantitative estimate of drug-likeness (QED) is 0.801. The van der Waals surface area contributed by atoms with Gasteiger partial charge in [-0.1, -0.05) is 12.8 Å². The van der Waals surface area contributed by atoms with E-state index < -0.39 is 0 Å². The third-order valence-corrected chi connectivity index (χ3v) is 3.91. The van der Waals surface area contributed by atoms with Crippen LogP contribution in [0, 0.1) is 5.92 Å². The number of thiophene rings is 1. The topological polar surface area (TPSA) is 38.0 Å². The lowest BCUT2D eigenvalue weighted by atomic mass is 10.1. The Bertz CT molecular complexity index is 277. The first kappa shape index (κ1) is 9.99. The minimum atomic E-state index is 0.913. The molecule has 0 unspecified atom stereocenters. The van der Waals surface area contributed by atoms with Gasteiger partial charge in [0.1, 0.15) is 0 Å². The molecule has 3 heteroatoms. The standard InChI is InChI=1S/C11H18N2S/c12-10-5-6-14-11(10)8-13-7-9-3-1-2-4-9/h5-6,9,13H,1-4,7-8,12H2. The molecule has 0 atom stereocenters. The van der Waals surface area contributed by atoms with E-state index >= 15 is 0 Å². The van der Waals surface area contributed by atoms with Crippen LogP contribution in [0.4, 0.5) is 5.69 Å². The van der Waals surface area contributed by atoms with Crippen LogP contribution < -0.4 is 11.1 Å². The molecule has 2 nitrogen and oxygen atoms in total. The molecule has 1 heterocycles. The Hall–Kier alpha value is -0.540. The van der Waals surface area contributed by atoms with E-state index in [4.69, 9.17) is 5.73 Å². The second-order valence-electron chi connectivity index (χ2n) is 4.08. The molecule has 1 fully saturated rings. The van der Waals surface area contributed by atoms with Gasteiger partial charge in [0.15, 0.2) is 0 Å². The highest BCUT2D eigenvalue weighted by Gasteiger charge is 2.14. The Labute approximate surface area is 89.5 Å². The van der Waals surface area contributed by atoms with Crippen molar-refractivity contribution >= 4 is 17.0 Å². The van der Waals surface area contributed by atoms with Crippen molar-refractivity contribution in [3.8, 4) is 0 Å². The lowest BCUT2D eigenvalue weighted by Gasteiger charge is -2.09. The number of nitrogens with one attached hydrogen (secondary N) is 1. The number of hydrogen-bond donors (Lipinski definition) is 2. The van der Waals surface area contributed by atoms with Gasteiger partial charge in [-0.15, -0.1) is 11.3 Å². The summed E-state index contributed by atoms with van der Waals surface area (Å²) in [5.41, 5.74) is 6.74. The molecule has 0 bridgehead atoms. The molecule has 0 saturated heterocycles. The molecule has 0 spiro atoms. The summed E-state index contributed by atoms with van der Waals surface area (Å²) < 4.78 is 0. The SMILES string of the molecule is Nc1ccsc1CNCC1CCCC1. The van der Waals surface area contributed by atoms with Gasteiger partial charge in [0.2, 0.25) is 0 Å². The molecular weight excluding hydrogens is 192 g/mol. The fourth-order valence-corrected chi connectivity index (χ4v) is 2.87. The van der Waals surface area contributed by atoms with Gasteiger partial charge in [0.05, 0.1) is 0 Å². The van der Waals surface area contributed by atoms with Crippen molar-refractivity contribution in [1.82, 2.24) is 5.32 Å². The third kappa shape index (κ3) is 2.49. The zero-order valence-corrected chi connectivity index (χ0v) is 9.28. The first-order valence-electron chi connectivity index (χ1n) is 5.39. The van der Waals surface area contributed by atoms with Crippen molar-refractivity contribution in [2.45, 2.75) is 32.2 Å². The summed E-state index contributed by atoms with van der Waals surface area (Å²) in [4.78, 5) is 1.28. The summed E-state index contributed by atoms with van der Waals surface area (Å²) in [6.07, 6.45) is 5.67. The van der Waals surface area contributed by atoms with Crippen molar-refractivity contribution in [2.24, 2.45) is 5.92 Å². The molecule has 78 valence electrons. The van der Waals surface area contributed by atoms with Gasteiger partial charge in [-0.3, -0.25) is 0 Å². The third-order valence-electron chi connectivity index (χ3n) is 2.97.